The maximum Gasteiger partial charge on any atom is 0.254 e. The highest BCUT2D eigenvalue weighted by Crippen LogP contribution is 2.22. The molecule has 1 aliphatic heterocycles. The molecule has 9 heteroatoms. The average Bonchev–Trinajstić information content (AvgIpc) is 2.78. The first kappa shape index (κ1) is 23.1. The van der Waals surface area contributed by atoms with Gasteiger partial charge in [-0.3, -0.25) is 9.59 Å². The van der Waals surface area contributed by atoms with Crippen LogP contribution in [0.1, 0.15) is 18.5 Å². The molecular weight excluding hydrogens is 466 g/mol. The second-order valence-corrected chi connectivity index (χ2v) is 8.42. The normalized spacial score (nSPS) is 17.0. The van der Waals surface area contributed by atoms with Crippen molar-refractivity contribution in [2.45, 2.75) is 25.2 Å². The molecule has 31 heavy (non-hydrogen) atoms. The van der Waals surface area contributed by atoms with Gasteiger partial charge >= 0.3 is 0 Å². The molecule has 0 aliphatic carbocycles. The minimum atomic E-state index is -1.87. The van der Waals surface area contributed by atoms with Crippen LogP contribution in [0.5, 0.6) is 5.75 Å². The molecule has 1 fully saturated rings. The first-order chi connectivity index (χ1) is 14.8. The zero-order valence-electron chi connectivity index (χ0n) is 17.1. The van der Waals surface area contributed by atoms with Crippen molar-refractivity contribution in [2.75, 3.05) is 31.1 Å². The van der Waals surface area contributed by atoms with Crippen LogP contribution in [0.4, 0.5) is 5.69 Å². The van der Waals surface area contributed by atoms with E-state index in [4.69, 9.17) is 0 Å². The lowest BCUT2D eigenvalue weighted by Gasteiger charge is -2.37. The van der Waals surface area contributed by atoms with Gasteiger partial charge in [-0.2, -0.15) is 0 Å². The van der Waals surface area contributed by atoms with E-state index < -0.39 is 30.1 Å². The number of phenols is 1. The molecule has 0 aromatic heterocycles. The van der Waals surface area contributed by atoms with Crippen molar-refractivity contribution in [2.24, 2.45) is 0 Å². The third-order valence-corrected chi connectivity index (χ3v) is 5.86. The number of hydrogen-bond donors (Lipinski definition) is 4. The van der Waals surface area contributed by atoms with E-state index in [0.29, 0.717) is 26.2 Å². The van der Waals surface area contributed by atoms with Crippen LogP contribution < -0.4 is 10.2 Å². The Kier molecular flexibility index (Phi) is 7.53. The van der Waals surface area contributed by atoms with Gasteiger partial charge in [-0.25, -0.2) is 0 Å². The summed E-state index contributed by atoms with van der Waals surface area (Å²) in [6.45, 7) is 3.42. The number of phenolic OH excluding ortho intramolecular Hbond substituents is 1. The van der Waals surface area contributed by atoms with Crippen LogP contribution in [0.3, 0.4) is 0 Å². The number of carbonyl (C=O) groups excluding carboxylic acids is 2. The van der Waals surface area contributed by atoms with E-state index in [1.165, 1.54) is 4.90 Å². The second kappa shape index (κ2) is 10.1. The van der Waals surface area contributed by atoms with Gasteiger partial charge in [-0.05, 0) is 36.8 Å². The van der Waals surface area contributed by atoms with Crippen molar-refractivity contribution in [1.82, 2.24) is 10.2 Å². The average molecular weight is 492 g/mol. The van der Waals surface area contributed by atoms with Crippen molar-refractivity contribution in [3.05, 3.63) is 58.6 Å². The monoisotopic (exact) mass is 491 g/mol. The lowest BCUT2D eigenvalue weighted by atomic mass is 10.1. The number of nitrogens with one attached hydrogen (secondary N) is 1. The topological polar surface area (TPSA) is 113 Å². The Labute approximate surface area is 189 Å². The number of benzene rings is 2. The summed E-state index contributed by atoms with van der Waals surface area (Å²) >= 11 is 3.34. The van der Waals surface area contributed by atoms with Crippen molar-refractivity contribution in [1.29, 1.82) is 0 Å². The van der Waals surface area contributed by atoms with Crippen LogP contribution in [0.25, 0.3) is 0 Å². The molecule has 2 aromatic rings. The van der Waals surface area contributed by atoms with Crippen LogP contribution in [-0.4, -0.2) is 70.4 Å². The number of anilines is 1. The van der Waals surface area contributed by atoms with E-state index in [9.17, 15) is 24.9 Å². The lowest BCUT2D eigenvalue weighted by molar-refractivity contribution is -0.153. The Morgan fingerprint density at radius 2 is 1.65 bits per heavy atom. The molecule has 2 amide bonds. The summed E-state index contributed by atoms with van der Waals surface area (Å²) in [6.07, 6.45) is -3.71. The first-order valence-corrected chi connectivity index (χ1v) is 10.8. The zero-order valence-corrected chi connectivity index (χ0v) is 18.7. The summed E-state index contributed by atoms with van der Waals surface area (Å²) < 4.78 is 0.903. The highest BCUT2D eigenvalue weighted by Gasteiger charge is 2.35. The Balaban J connectivity index is 1.53. The fourth-order valence-electron chi connectivity index (χ4n) is 3.47. The summed E-state index contributed by atoms with van der Waals surface area (Å²) in [7, 11) is 0. The Bertz CT molecular complexity index is 916. The standard InChI is InChI=1S/C22H26BrN3O5/c1-14(15-5-7-16(23)8-6-15)24-21(30)19(28)20(29)22(31)26-11-9-25(10-12-26)17-3-2-4-18(27)13-17/h2-8,13-14,19-20,27-29H,9-12H2,1H3,(H,24,30)/t14-,19?,20?/m0/s1. The molecule has 3 rings (SSSR count). The fourth-order valence-corrected chi connectivity index (χ4v) is 3.74. The minimum Gasteiger partial charge on any atom is -0.508 e. The van der Waals surface area contributed by atoms with Crippen molar-refractivity contribution < 1.29 is 24.9 Å². The number of aliphatic hydroxyl groups excluding tert-OH is 2. The van der Waals surface area contributed by atoms with Gasteiger partial charge in [-0.15, -0.1) is 0 Å². The van der Waals surface area contributed by atoms with Gasteiger partial charge in [0.2, 0.25) is 0 Å². The van der Waals surface area contributed by atoms with Gasteiger partial charge in [-0.1, -0.05) is 34.1 Å². The molecule has 0 spiro atoms. The summed E-state index contributed by atoms with van der Waals surface area (Å²) in [5, 5.41) is 32.8. The van der Waals surface area contributed by atoms with Gasteiger partial charge in [0.05, 0.1) is 6.04 Å². The van der Waals surface area contributed by atoms with Crippen LogP contribution in [0, 0.1) is 0 Å². The third kappa shape index (κ3) is 5.75. The summed E-state index contributed by atoms with van der Waals surface area (Å²) in [5.41, 5.74) is 1.67. The second-order valence-electron chi connectivity index (χ2n) is 7.50. The third-order valence-electron chi connectivity index (χ3n) is 5.34. The quantitative estimate of drug-likeness (QED) is 0.485. The minimum absolute atomic E-state index is 0.165. The van der Waals surface area contributed by atoms with E-state index in [2.05, 4.69) is 21.2 Å². The van der Waals surface area contributed by atoms with E-state index in [1.807, 2.05) is 35.2 Å². The molecule has 1 heterocycles. The van der Waals surface area contributed by atoms with Gasteiger partial charge in [0, 0.05) is 42.4 Å². The van der Waals surface area contributed by atoms with Crippen molar-refractivity contribution >= 4 is 33.4 Å². The molecule has 0 radical (unpaired) electrons. The number of aliphatic hydroxyl groups is 2. The number of aromatic hydroxyl groups is 1. The van der Waals surface area contributed by atoms with Gasteiger partial charge < -0.3 is 30.4 Å². The van der Waals surface area contributed by atoms with Crippen LogP contribution in [0.2, 0.25) is 0 Å². The molecule has 1 aliphatic rings. The number of hydrogen-bond acceptors (Lipinski definition) is 6. The highest BCUT2D eigenvalue weighted by atomic mass is 79.9. The molecule has 0 bridgehead atoms. The van der Waals surface area contributed by atoms with Gasteiger partial charge in [0.15, 0.2) is 12.2 Å². The van der Waals surface area contributed by atoms with Gasteiger partial charge in [0.1, 0.15) is 5.75 Å². The van der Waals surface area contributed by atoms with E-state index >= 15 is 0 Å². The molecule has 3 atom stereocenters. The van der Waals surface area contributed by atoms with E-state index in [1.54, 1.807) is 25.1 Å². The zero-order chi connectivity index (χ0) is 22.5. The summed E-state index contributed by atoms with van der Waals surface area (Å²) in [6, 6.07) is 13.8. The Morgan fingerprint density at radius 1 is 1.00 bits per heavy atom. The first-order valence-electron chi connectivity index (χ1n) is 10.0. The molecule has 2 aromatic carbocycles. The fraction of sp³-hybridized carbons (Fsp3) is 0.364. The van der Waals surface area contributed by atoms with E-state index in [0.717, 1.165) is 15.7 Å². The number of nitrogens with zero attached hydrogens (tertiary/aromatic N) is 2. The predicted octanol–water partition coefficient (Wildman–Crippen LogP) is 1.40. The van der Waals surface area contributed by atoms with E-state index in [-0.39, 0.29) is 5.75 Å². The lowest BCUT2D eigenvalue weighted by Crippen LogP contribution is -2.55. The SMILES string of the molecule is C[C@H](NC(=O)C(O)C(O)C(=O)N1CCN(c2cccc(O)c2)CC1)c1ccc(Br)cc1. The summed E-state index contributed by atoms with van der Waals surface area (Å²) in [4.78, 5) is 28.4. The smallest absolute Gasteiger partial charge is 0.254 e. The van der Waals surface area contributed by atoms with Crippen molar-refractivity contribution in [3.63, 3.8) is 0 Å². The van der Waals surface area contributed by atoms with Crippen LogP contribution >= 0.6 is 15.9 Å². The van der Waals surface area contributed by atoms with Crippen LogP contribution in [-0.2, 0) is 9.59 Å². The summed E-state index contributed by atoms with van der Waals surface area (Å²) in [5.74, 6) is -1.33. The number of rotatable bonds is 6. The Hall–Kier alpha value is -2.62. The Morgan fingerprint density at radius 3 is 2.26 bits per heavy atom. The van der Waals surface area contributed by atoms with Gasteiger partial charge in [0.25, 0.3) is 11.8 Å². The number of carbonyl (C=O) groups is 2. The largest absolute Gasteiger partial charge is 0.508 e. The molecular formula is C22H26BrN3O5. The highest BCUT2D eigenvalue weighted by molar-refractivity contribution is 9.10. The molecule has 2 unspecified atom stereocenters. The maximum atomic E-state index is 12.6. The maximum absolute atomic E-state index is 12.6. The molecule has 1 saturated heterocycles. The van der Waals surface area contributed by atoms with Crippen LogP contribution in [0.15, 0.2) is 53.0 Å². The molecule has 8 nitrogen and oxygen atoms in total. The molecule has 4 N–H and O–H groups in total. The number of piperazine rings is 1. The number of amides is 2. The predicted molar refractivity (Wildman–Crippen MR) is 120 cm³/mol. The number of halogens is 1. The molecule has 166 valence electrons. The van der Waals surface area contributed by atoms with Crippen molar-refractivity contribution in [3.8, 4) is 5.75 Å². The molecule has 0 saturated carbocycles.